The molecule has 1 aliphatic carbocycles. The second kappa shape index (κ2) is 4.92. The van der Waals surface area contributed by atoms with Gasteiger partial charge < -0.3 is 15.0 Å². The lowest BCUT2D eigenvalue weighted by Crippen LogP contribution is -2.16. The molecule has 104 valence electrons. The smallest absolute Gasteiger partial charge is 0.405 e. The Kier molecular flexibility index (Phi) is 3.09. The molecule has 20 heavy (non-hydrogen) atoms. The maximum absolute atomic E-state index is 10.7. The number of rotatable bonds is 4. The highest BCUT2D eigenvalue weighted by Crippen LogP contribution is 2.39. The number of nitrogens with two attached hydrogens (primary N) is 1. The Bertz CT molecular complexity index is 636. The minimum Gasteiger partial charge on any atom is -0.438 e. The maximum Gasteiger partial charge on any atom is 0.405 e. The van der Waals surface area contributed by atoms with Gasteiger partial charge in [-0.1, -0.05) is 5.16 Å². The highest BCUT2D eigenvalue weighted by atomic mass is 16.6. The molecule has 1 aliphatic rings. The van der Waals surface area contributed by atoms with E-state index in [1.807, 2.05) is 12.1 Å². The first-order valence-electron chi connectivity index (χ1n) is 6.39. The zero-order valence-electron chi connectivity index (χ0n) is 10.9. The molecule has 2 N–H and O–H groups in total. The fourth-order valence-corrected chi connectivity index (χ4v) is 1.93. The van der Waals surface area contributed by atoms with Crippen LogP contribution in [0, 0.1) is 0 Å². The molecular weight excluding hydrogens is 260 g/mol. The van der Waals surface area contributed by atoms with Crippen molar-refractivity contribution in [3.05, 3.63) is 29.8 Å². The van der Waals surface area contributed by atoms with Crippen LogP contribution in [0.3, 0.4) is 0 Å². The molecule has 7 heteroatoms. The van der Waals surface area contributed by atoms with E-state index >= 15 is 0 Å². The molecule has 1 fully saturated rings. The molecule has 0 unspecified atom stereocenters. The largest absolute Gasteiger partial charge is 0.438 e. The summed E-state index contributed by atoms with van der Waals surface area (Å²) in [5, 5.41) is 3.80. The average Bonchev–Trinajstić information content (AvgIpc) is 3.15. The fourth-order valence-electron chi connectivity index (χ4n) is 1.93. The first-order valence-corrected chi connectivity index (χ1v) is 6.39. The summed E-state index contributed by atoms with van der Waals surface area (Å²) < 4.78 is 9.99. The molecule has 1 atom stereocenters. The van der Waals surface area contributed by atoms with Crippen molar-refractivity contribution in [1.82, 2.24) is 15.1 Å². The molecular formula is C13H14N4O3. The standard InChI is InChI=1S/C13H14N4O3/c1-7(19-13(14)18)11-16-12(20-17-11)9-4-5-15-10(6-9)8-2-3-8/h4-8H,2-3H2,1H3,(H2,14,18)/t7-/m0/s1. The number of hydrogen-bond donors (Lipinski definition) is 1. The van der Waals surface area contributed by atoms with Crippen molar-refractivity contribution in [3.8, 4) is 11.5 Å². The SMILES string of the molecule is C[C@H](OC(N)=O)c1noc(-c2ccnc(C3CC3)c2)n1. The van der Waals surface area contributed by atoms with Crippen LogP contribution in [0.5, 0.6) is 0 Å². The lowest BCUT2D eigenvalue weighted by atomic mass is 10.2. The maximum atomic E-state index is 10.7. The van der Waals surface area contributed by atoms with E-state index in [1.165, 1.54) is 12.8 Å². The van der Waals surface area contributed by atoms with Crippen LogP contribution in [0.4, 0.5) is 4.79 Å². The monoisotopic (exact) mass is 274 g/mol. The summed E-state index contributed by atoms with van der Waals surface area (Å²) in [5.74, 6) is 1.21. The summed E-state index contributed by atoms with van der Waals surface area (Å²) >= 11 is 0. The van der Waals surface area contributed by atoms with E-state index < -0.39 is 12.2 Å². The lowest BCUT2D eigenvalue weighted by Gasteiger charge is -2.05. The van der Waals surface area contributed by atoms with Crippen LogP contribution >= 0.6 is 0 Å². The molecule has 2 heterocycles. The van der Waals surface area contributed by atoms with Crippen LogP contribution in [0.15, 0.2) is 22.9 Å². The zero-order valence-corrected chi connectivity index (χ0v) is 10.9. The third-order valence-corrected chi connectivity index (χ3v) is 3.12. The van der Waals surface area contributed by atoms with Crippen LogP contribution in [-0.2, 0) is 4.74 Å². The number of carbonyl (C=O) groups excluding carboxylic acids is 1. The molecule has 7 nitrogen and oxygen atoms in total. The zero-order chi connectivity index (χ0) is 14.1. The quantitative estimate of drug-likeness (QED) is 0.916. The van der Waals surface area contributed by atoms with Crippen LogP contribution in [0.25, 0.3) is 11.5 Å². The molecule has 2 aromatic heterocycles. The van der Waals surface area contributed by atoms with Gasteiger partial charge in [-0.05, 0) is 31.9 Å². The Labute approximate surface area is 115 Å². The van der Waals surface area contributed by atoms with Gasteiger partial charge in [-0.2, -0.15) is 4.98 Å². The lowest BCUT2D eigenvalue weighted by molar-refractivity contribution is 0.110. The number of primary amides is 1. The second-order valence-electron chi connectivity index (χ2n) is 4.78. The van der Waals surface area contributed by atoms with E-state index in [0.29, 0.717) is 11.8 Å². The fraction of sp³-hybridized carbons (Fsp3) is 0.385. The predicted molar refractivity (Wildman–Crippen MR) is 68.6 cm³/mol. The van der Waals surface area contributed by atoms with Crippen LogP contribution in [0.2, 0.25) is 0 Å². The number of nitrogens with zero attached hydrogens (tertiary/aromatic N) is 3. The van der Waals surface area contributed by atoms with Crippen molar-refractivity contribution in [3.63, 3.8) is 0 Å². The second-order valence-corrected chi connectivity index (χ2v) is 4.78. The van der Waals surface area contributed by atoms with Gasteiger partial charge in [-0.15, -0.1) is 0 Å². The third kappa shape index (κ3) is 2.61. The number of carbonyl (C=O) groups is 1. The van der Waals surface area contributed by atoms with Crippen LogP contribution in [0.1, 0.15) is 43.3 Å². The highest BCUT2D eigenvalue weighted by molar-refractivity contribution is 5.64. The highest BCUT2D eigenvalue weighted by Gasteiger charge is 2.25. The molecule has 1 amide bonds. The summed E-state index contributed by atoms with van der Waals surface area (Å²) in [7, 11) is 0. The van der Waals surface area contributed by atoms with Gasteiger partial charge in [0.2, 0.25) is 5.82 Å². The molecule has 0 radical (unpaired) electrons. The van der Waals surface area contributed by atoms with E-state index in [2.05, 4.69) is 15.1 Å². The van der Waals surface area contributed by atoms with Gasteiger partial charge in [0.25, 0.3) is 5.89 Å². The Morgan fingerprint density at radius 1 is 1.55 bits per heavy atom. The first kappa shape index (κ1) is 12.6. The molecule has 0 saturated heterocycles. The van der Waals surface area contributed by atoms with Crippen molar-refractivity contribution < 1.29 is 14.1 Å². The summed E-state index contributed by atoms with van der Waals surface area (Å²) in [6.07, 6.45) is 2.57. The molecule has 0 spiro atoms. The molecule has 3 rings (SSSR count). The molecule has 0 bridgehead atoms. The van der Waals surface area contributed by atoms with Crippen molar-refractivity contribution in [2.24, 2.45) is 5.73 Å². The number of pyridine rings is 1. The van der Waals surface area contributed by atoms with Gasteiger partial charge in [0.1, 0.15) is 0 Å². The first-order chi connectivity index (χ1) is 9.63. The Hall–Kier alpha value is -2.44. The van der Waals surface area contributed by atoms with E-state index in [0.717, 1.165) is 11.3 Å². The number of aromatic nitrogens is 3. The van der Waals surface area contributed by atoms with Gasteiger partial charge in [0.15, 0.2) is 6.10 Å². The number of hydrogen-bond acceptors (Lipinski definition) is 6. The van der Waals surface area contributed by atoms with Gasteiger partial charge in [-0.3, -0.25) is 4.98 Å². The van der Waals surface area contributed by atoms with E-state index in [9.17, 15) is 4.79 Å². The van der Waals surface area contributed by atoms with Gasteiger partial charge in [-0.25, -0.2) is 4.79 Å². The average molecular weight is 274 g/mol. The summed E-state index contributed by atoms with van der Waals surface area (Å²) in [6, 6.07) is 3.76. The Balaban J connectivity index is 1.82. The molecule has 0 aliphatic heterocycles. The molecule has 0 aromatic carbocycles. The topological polar surface area (TPSA) is 104 Å². The predicted octanol–water partition coefficient (Wildman–Crippen LogP) is 2.17. The van der Waals surface area contributed by atoms with Gasteiger partial charge in [0.05, 0.1) is 0 Å². The Morgan fingerprint density at radius 2 is 2.35 bits per heavy atom. The number of amides is 1. The minimum atomic E-state index is -0.871. The molecule has 2 aromatic rings. The van der Waals surface area contributed by atoms with Crippen LogP contribution < -0.4 is 5.73 Å². The summed E-state index contributed by atoms with van der Waals surface area (Å²) in [5.41, 5.74) is 6.81. The van der Waals surface area contributed by atoms with Gasteiger partial charge >= 0.3 is 6.09 Å². The van der Waals surface area contributed by atoms with E-state index in [-0.39, 0.29) is 5.82 Å². The molecule has 1 saturated carbocycles. The minimum absolute atomic E-state index is 0.281. The van der Waals surface area contributed by atoms with Crippen molar-refractivity contribution in [2.45, 2.75) is 31.8 Å². The van der Waals surface area contributed by atoms with Crippen molar-refractivity contribution in [1.29, 1.82) is 0 Å². The van der Waals surface area contributed by atoms with Gasteiger partial charge in [0, 0.05) is 23.4 Å². The van der Waals surface area contributed by atoms with E-state index in [1.54, 1.807) is 13.1 Å². The third-order valence-electron chi connectivity index (χ3n) is 3.12. The Morgan fingerprint density at radius 3 is 3.05 bits per heavy atom. The van der Waals surface area contributed by atoms with Crippen molar-refractivity contribution in [2.75, 3.05) is 0 Å². The van der Waals surface area contributed by atoms with Crippen molar-refractivity contribution >= 4 is 6.09 Å². The summed E-state index contributed by atoms with van der Waals surface area (Å²) in [6.45, 7) is 1.63. The van der Waals surface area contributed by atoms with E-state index in [4.69, 9.17) is 15.0 Å². The normalized spacial score (nSPS) is 15.8. The number of ether oxygens (including phenoxy) is 1. The van der Waals surface area contributed by atoms with Crippen LogP contribution in [-0.4, -0.2) is 21.2 Å². The summed E-state index contributed by atoms with van der Waals surface area (Å²) in [4.78, 5) is 19.2.